The number of hydrogen-bond acceptors (Lipinski definition) is 6. The van der Waals surface area contributed by atoms with Crippen LogP contribution in [0.1, 0.15) is 38.2 Å². The number of likely N-dealkylation sites (N-methyl/N-ethyl adjacent to an activating group) is 1. The standard InChI is InChI=1S/C22H26N4O3/c1-22-10-9-15(24-22)12-16(13-22)29-21-8-6-18(25-26-21)17-5-3-14(11-19(17)27)4-7-20(28)23-2/h3-8,11,15-16,24,27H,9-10,12-13H2,1-2H3,(H,23,28)/b7-4+/t15-,16-,22+/m1/s1. The van der Waals surface area contributed by atoms with Crippen LogP contribution in [-0.2, 0) is 4.79 Å². The number of benzene rings is 1. The van der Waals surface area contributed by atoms with Crippen LogP contribution >= 0.6 is 0 Å². The number of piperidine rings is 1. The summed E-state index contributed by atoms with van der Waals surface area (Å²) in [7, 11) is 1.56. The Labute approximate surface area is 170 Å². The minimum absolute atomic E-state index is 0.0786. The van der Waals surface area contributed by atoms with E-state index in [1.165, 1.54) is 18.9 Å². The van der Waals surface area contributed by atoms with Crippen LogP contribution in [-0.4, -0.2) is 45.9 Å². The molecule has 2 aliphatic rings. The zero-order valence-corrected chi connectivity index (χ0v) is 16.7. The molecule has 0 unspecified atom stereocenters. The number of phenols is 1. The quantitative estimate of drug-likeness (QED) is 0.675. The lowest BCUT2D eigenvalue weighted by Crippen LogP contribution is -2.50. The number of nitrogens with one attached hydrogen (secondary N) is 2. The van der Waals surface area contributed by atoms with Gasteiger partial charge in [0, 0.05) is 42.8 Å². The number of carbonyl (C=O) groups is 1. The summed E-state index contributed by atoms with van der Waals surface area (Å²) in [5, 5.41) is 25.0. The molecule has 0 aliphatic carbocycles. The van der Waals surface area contributed by atoms with Crippen LogP contribution in [0.5, 0.6) is 11.6 Å². The van der Waals surface area contributed by atoms with Gasteiger partial charge in [-0.1, -0.05) is 6.07 Å². The molecule has 2 bridgehead atoms. The van der Waals surface area contributed by atoms with E-state index in [1.54, 1.807) is 37.4 Å². The predicted octanol–water partition coefficient (Wildman–Crippen LogP) is 2.66. The van der Waals surface area contributed by atoms with Gasteiger partial charge in [-0.3, -0.25) is 4.79 Å². The summed E-state index contributed by atoms with van der Waals surface area (Å²) in [5.41, 5.74) is 2.03. The van der Waals surface area contributed by atoms with Gasteiger partial charge in [-0.25, -0.2) is 0 Å². The summed E-state index contributed by atoms with van der Waals surface area (Å²) in [6, 6.07) is 9.29. The van der Waals surface area contributed by atoms with Crippen molar-refractivity contribution in [2.75, 3.05) is 7.05 Å². The largest absolute Gasteiger partial charge is 0.507 e. The molecule has 2 fully saturated rings. The van der Waals surface area contributed by atoms with Crippen LogP contribution in [0, 0.1) is 0 Å². The second-order valence-corrected chi connectivity index (χ2v) is 8.10. The number of aromatic hydroxyl groups is 1. The Kier molecular flexibility index (Phi) is 5.24. The van der Waals surface area contributed by atoms with Crippen molar-refractivity contribution in [2.24, 2.45) is 0 Å². The van der Waals surface area contributed by atoms with Gasteiger partial charge in [-0.2, -0.15) is 0 Å². The van der Waals surface area contributed by atoms with Gasteiger partial charge >= 0.3 is 0 Å². The number of hydrogen-bond donors (Lipinski definition) is 3. The average molecular weight is 394 g/mol. The van der Waals surface area contributed by atoms with Crippen molar-refractivity contribution in [1.82, 2.24) is 20.8 Å². The highest BCUT2D eigenvalue weighted by atomic mass is 16.5. The number of aromatic nitrogens is 2. The van der Waals surface area contributed by atoms with Crippen molar-refractivity contribution in [1.29, 1.82) is 0 Å². The highest BCUT2D eigenvalue weighted by molar-refractivity contribution is 5.91. The molecule has 7 heteroatoms. The number of phenolic OH excluding ortho intramolecular Hbond substituents is 1. The molecule has 1 amide bonds. The Morgan fingerprint density at radius 1 is 1.34 bits per heavy atom. The van der Waals surface area contributed by atoms with E-state index in [9.17, 15) is 9.90 Å². The van der Waals surface area contributed by atoms with Crippen molar-refractivity contribution in [3.05, 3.63) is 42.0 Å². The molecule has 3 heterocycles. The van der Waals surface area contributed by atoms with Gasteiger partial charge in [0.05, 0.1) is 5.69 Å². The molecule has 3 N–H and O–H groups in total. The van der Waals surface area contributed by atoms with Gasteiger partial charge < -0.3 is 20.5 Å². The number of fused-ring (bicyclic) bond motifs is 2. The molecule has 7 nitrogen and oxygen atoms in total. The van der Waals surface area contributed by atoms with E-state index in [-0.39, 0.29) is 23.3 Å². The second-order valence-electron chi connectivity index (χ2n) is 8.10. The Balaban J connectivity index is 1.44. The smallest absolute Gasteiger partial charge is 0.243 e. The van der Waals surface area contributed by atoms with E-state index in [2.05, 4.69) is 27.8 Å². The third kappa shape index (κ3) is 4.40. The molecule has 2 aliphatic heterocycles. The molecule has 1 aromatic carbocycles. The third-order valence-electron chi connectivity index (χ3n) is 5.72. The van der Waals surface area contributed by atoms with Crippen molar-refractivity contribution < 1.29 is 14.6 Å². The van der Waals surface area contributed by atoms with Crippen LogP contribution in [0.4, 0.5) is 0 Å². The fourth-order valence-corrected chi connectivity index (χ4v) is 4.28. The second kappa shape index (κ2) is 7.83. The summed E-state index contributed by atoms with van der Waals surface area (Å²) in [5.74, 6) is 0.383. The summed E-state index contributed by atoms with van der Waals surface area (Å²) in [4.78, 5) is 11.3. The maximum atomic E-state index is 11.3. The highest BCUT2D eigenvalue weighted by Crippen LogP contribution is 2.37. The molecular formula is C22H26N4O3. The number of carbonyl (C=O) groups excluding carboxylic acids is 1. The molecule has 1 aromatic heterocycles. The molecule has 0 saturated carbocycles. The van der Waals surface area contributed by atoms with E-state index in [4.69, 9.17) is 4.74 Å². The van der Waals surface area contributed by atoms with Crippen LogP contribution in [0.3, 0.4) is 0 Å². The molecule has 2 saturated heterocycles. The van der Waals surface area contributed by atoms with Gasteiger partial charge in [-0.05, 0) is 56.0 Å². The van der Waals surface area contributed by atoms with E-state index in [1.807, 2.05) is 6.07 Å². The Morgan fingerprint density at radius 2 is 2.21 bits per heavy atom. The van der Waals surface area contributed by atoms with E-state index < -0.39 is 0 Å². The zero-order chi connectivity index (χ0) is 20.4. The third-order valence-corrected chi connectivity index (χ3v) is 5.72. The summed E-state index contributed by atoms with van der Waals surface area (Å²) in [6.07, 6.45) is 7.55. The maximum absolute atomic E-state index is 11.3. The number of rotatable bonds is 5. The molecule has 152 valence electrons. The van der Waals surface area contributed by atoms with E-state index in [0.717, 1.165) is 18.4 Å². The van der Waals surface area contributed by atoms with Gasteiger partial charge in [0.1, 0.15) is 11.9 Å². The lowest BCUT2D eigenvalue weighted by atomic mass is 9.91. The summed E-state index contributed by atoms with van der Waals surface area (Å²) >= 11 is 0. The first-order chi connectivity index (χ1) is 13.9. The van der Waals surface area contributed by atoms with E-state index >= 15 is 0 Å². The van der Waals surface area contributed by atoms with Crippen LogP contribution in [0.2, 0.25) is 0 Å². The minimum Gasteiger partial charge on any atom is -0.507 e. The Bertz CT molecular complexity index is 928. The molecule has 3 atom stereocenters. The molecule has 0 radical (unpaired) electrons. The van der Waals surface area contributed by atoms with Crippen molar-refractivity contribution in [3.63, 3.8) is 0 Å². The SMILES string of the molecule is CNC(=O)/C=C/c1ccc(-c2ccc(O[C@@H]3C[C@H]4CC[C@@](C)(C3)N4)nn2)c(O)c1. The molecule has 29 heavy (non-hydrogen) atoms. The minimum atomic E-state index is -0.203. The molecule has 0 spiro atoms. The highest BCUT2D eigenvalue weighted by Gasteiger charge is 2.42. The van der Waals surface area contributed by atoms with Gasteiger partial charge in [-0.15, -0.1) is 10.2 Å². The van der Waals surface area contributed by atoms with Gasteiger partial charge in [0.25, 0.3) is 0 Å². The predicted molar refractivity (Wildman–Crippen MR) is 110 cm³/mol. The number of ether oxygens (including phenoxy) is 1. The first-order valence-corrected chi connectivity index (χ1v) is 9.95. The lowest BCUT2D eigenvalue weighted by Gasteiger charge is -2.36. The van der Waals surface area contributed by atoms with Crippen LogP contribution in [0.25, 0.3) is 17.3 Å². The number of nitrogens with zero attached hydrogens (tertiary/aromatic N) is 2. The Morgan fingerprint density at radius 3 is 2.90 bits per heavy atom. The maximum Gasteiger partial charge on any atom is 0.243 e. The van der Waals surface area contributed by atoms with Gasteiger partial charge in [0.15, 0.2) is 0 Å². The average Bonchev–Trinajstić information content (AvgIpc) is 2.99. The molecule has 2 aromatic rings. The van der Waals surface area contributed by atoms with Crippen LogP contribution in [0.15, 0.2) is 36.4 Å². The monoisotopic (exact) mass is 394 g/mol. The van der Waals surface area contributed by atoms with E-state index in [0.29, 0.717) is 23.2 Å². The van der Waals surface area contributed by atoms with Crippen molar-refractivity contribution in [3.8, 4) is 22.9 Å². The normalized spacial score (nSPS) is 25.9. The van der Waals surface area contributed by atoms with Crippen molar-refractivity contribution >= 4 is 12.0 Å². The Hall–Kier alpha value is -2.93. The molecule has 4 rings (SSSR count). The first kappa shape index (κ1) is 19.4. The van der Waals surface area contributed by atoms with Crippen molar-refractivity contribution in [2.45, 2.75) is 50.3 Å². The number of amides is 1. The van der Waals surface area contributed by atoms with Crippen LogP contribution < -0.4 is 15.4 Å². The summed E-state index contributed by atoms with van der Waals surface area (Å²) in [6.45, 7) is 2.26. The first-order valence-electron chi connectivity index (χ1n) is 9.95. The fourth-order valence-electron chi connectivity index (χ4n) is 4.28. The summed E-state index contributed by atoms with van der Waals surface area (Å²) < 4.78 is 6.08. The topological polar surface area (TPSA) is 96.4 Å². The zero-order valence-electron chi connectivity index (χ0n) is 16.7. The van der Waals surface area contributed by atoms with Gasteiger partial charge in [0.2, 0.25) is 11.8 Å². The fraction of sp³-hybridized carbons (Fsp3) is 0.409. The molecular weight excluding hydrogens is 368 g/mol. The lowest BCUT2D eigenvalue weighted by molar-refractivity contribution is -0.115.